The van der Waals surface area contributed by atoms with Crippen molar-refractivity contribution in [2.75, 3.05) is 0 Å². The summed E-state index contributed by atoms with van der Waals surface area (Å²) in [5, 5.41) is 9.78. The first-order valence-corrected chi connectivity index (χ1v) is 9.29. The van der Waals surface area contributed by atoms with E-state index in [1.807, 2.05) is 18.3 Å². The normalized spacial score (nSPS) is 15.9. The van der Waals surface area contributed by atoms with Crippen LogP contribution in [-0.2, 0) is 11.3 Å². The highest BCUT2D eigenvalue weighted by Crippen LogP contribution is 2.30. The minimum atomic E-state index is -0.681. The van der Waals surface area contributed by atoms with Crippen molar-refractivity contribution in [2.45, 2.75) is 31.8 Å². The van der Waals surface area contributed by atoms with Crippen LogP contribution in [0.5, 0.6) is 0 Å². The maximum absolute atomic E-state index is 13.6. The van der Waals surface area contributed by atoms with Crippen LogP contribution in [0.25, 0.3) is 11.0 Å². The van der Waals surface area contributed by atoms with Crippen LogP contribution >= 0.6 is 0 Å². The van der Waals surface area contributed by atoms with Crippen molar-refractivity contribution < 1.29 is 13.6 Å². The quantitative estimate of drug-likeness (QED) is 0.593. The fraction of sp³-hybridized carbons (Fsp3) is 0.238. The number of aromatic nitrogens is 3. The van der Waals surface area contributed by atoms with Gasteiger partial charge < -0.3 is 0 Å². The van der Waals surface area contributed by atoms with Gasteiger partial charge in [0.15, 0.2) is 0 Å². The first-order chi connectivity index (χ1) is 14.0. The molecule has 1 aliphatic rings. The van der Waals surface area contributed by atoms with Crippen LogP contribution in [0, 0.1) is 11.6 Å². The fourth-order valence-corrected chi connectivity index (χ4v) is 3.39. The lowest BCUT2D eigenvalue weighted by Gasteiger charge is -2.23. The molecule has 8 heteroatoms. The maximum atomic E-state index is 13.6. The van der Waals surface area contributed by atoms with Crippen LogP contribution < -0.4 is 0 Å². The number of hydrogen-bond acceptors (Lipinski definition) is 4. The first kappa shape index (κ1) is 18.9. The molecule has 29 heavy (non-hydrogen) atoms. The molecule has 0 saturated carbocycles. The molecule has 0 spiro atoms. The number of carbonyl (C=O) groups is 1. The monoisotopic (exact) mass is 395 g/mol. The standard InChI is InChI=1S/C21H19F2N5O/c1-14(4-3-9-27-13-19-18(26-27)5-2-7-24-19)21(29)28-20(6-8-25-28)15-10-16(22)12-17(23)11-15/h2,5,7-8,10-13,20H,1,3-4,6,9H2. The molecule has 0 bridgehead atoms. The summed E-state index contributed by atoms with van der Waals surface area (Å²) in [5.41, 5.74) is 2.40. The largest absolute Gasteiger partial charge is 0.270 e. The molecule has 3 aromatic rings. The summed E-state index contributed by atoms with van der Waals surface area (Å²) in [6.45, 7) is 4.50. The summed E-state index contributed by atoms with van der Waals surface area (Å²) < 4.78 is 28.9. The minimum absolute atomic E-state index is 0.347. The predicted octanol–water partition coefficient (Wildman–Crippen LogP) is 4.01. The number of aryl methyl sites for hydroxylation is 1. The second-order valence-electron chi connectivity index (χ2n) is 6.91. The van der Waals surface area contributed by atoms with Gasteiger partial charge in [-0.05, 0) is 42.7 Å². The lowest BCUT2D eigenvalue weighted by atomic mass is 10.0. The van der Waals surface area contributed by atoms with Gasteiger partial charge in [-0.2, -0.15) is 10.2 Å². The van der Waals surface area contributed by atoms with Gasteiger partial charge in [0.05, 0.1) is 12.2 Å². The second-order valence-corrected chi connectivity index (χ2v) is 6.91. The van der Waals surface area contributed by atoms with Crippen LogP contribution in [0.2, 0.25) is 0 Å². The van der Waals surface area contributed by atoms with E-state index in [0.29, 0.717) is 36.9 Å². The molecule has 0 aliphatic carbocycles. The predicted molar refractivity (Wildman–Crippen MR) is 105 cm³/mol. The lowest BCUT2D eigenvalue weighted by Crippen LogP contribution is -2.28. The Bertz CT molecular complexity index is 1050. The van der Waals surface area contributed by atoms with Gasteiger partial charge in [0, 0.05) is 37.0 Å². The molecular weight excluding hydrogens is 376 g/mol. The van der Waals surface area contributed by atoms with Gasteiger partial charge >= 0.3 is 0 Å². The number of hydrazone groups is 1. The minimum Gasteiger partial charge on any atom is -0.270 e. The highest BCUT2D eigenvalue weighted by atomic mass is 19.1. The Labute approximate surface area is 166 Å². The van der Waals surface area contributed by atoms with Gasteiger partial charge in [-0.1, -0.05) is 6.58 Å². The molecule has 0 fully saturated rings. The third-order valence-electron chi connectivity index (χ3n) is 4.80. The Hall–Kier alpha value is -3.42. The molecule has 1 unspecified atom stereocenters. The highest BCUT2D eigenvalue weighted by Gasteiger charge is 2.30. The average molecular weight is 395 g/mol. The van der Waals surface area contributed by atoms with Crippen LogP contribution in [0.3, 0.4) is 0 Å². The molecule has 1 atom stereocenters. The van der Waals surface area contributed by atoms with Crippen molar-refractivity contribution in [1.82, 2.24) is 19.8 Å². The molecule has 3 heterocycles. The topological polar surface area (TPSA) is 63.4 Å². The Morgan fingerprint density at radius 3 is 2.76 bits per heavy atom. The van der Waals surface area contributed by atoms with Gasteiger partial charge in [-0.3, -0.25) is 14.5 Å². The van der Waals surface area contributed by atoms with Crippen molar-refractivity contribution in [1.29, 1.82) is 0 Å². The SMILES string of the molecule is C=C(CCCn1cc2ncccc2n1)C(=O)N1N=CCC1c1cc(F)cc(F)c1. The molecule has 0 saturated heterocycles. The van der Waals surface area contributed by atoms with E-state index in [1.165, 1.54) is 17.1 Å². The number of pyridine rings is 1. The third-order valence-corrected chi connectivity index (χ3v) is 4.80. The number of rotatable bonds is 6. The van der Waals surface area contributed by atoms with E-state index < -0.39 is 17.7 Å². The summed E-state index contributed by atoms with van der Waals surface area (Å²) in [6.07, 6.45) is 6.66. The van der Waals surface area contributed by atoms with Crippen LogP contribution in [-0.4, -0.2) is 31.9 Å². The zero-order valence-corrected chi connectivity index (χ0v) is 15.6. The molecule has 0 N–H and O–H groups in total. The molecule has 1 amide bonds. The summed E-state index contributed by atoms with van der Waals surface area (Å²) >= 11 is 0. The zero-order valence-electron chi connectivity index (χ0n) is 15.6. The van der Waals surface area contributed by atoms with Crippen LogP contribution in [0.4, 0.5) is 8.78 Å². The number of benzene rings is 1. The van der Waals surface area contributed by atoms with Gasteiger partial charge in [0.25, 0.3) is 5.91 Å². The number of nitrogens with zero attached hydrogens (tertiary/aromatic N) is 5. The molecular formula is C21H19F2N5O. The van der Waals surface area contributed by atoms with Crippen molar-refractivity contribution in [3.8, 4) is 0 Å². The number of fused-ring (bicyclic) bond motifs is 1. The smallest absolute Gasteiger partial charge is 0.269 e. The molecule has 1 aliphatic heterocycles. The summed E-state index contributed by atoms with van der Waals surface area (Å²) in [7, 11) is 0. The Morgan fingerprint density at radius 2 is 2.00 bits per heavy atom. The van der Waals surface area contributed by atoms with Gasteiger partial charge in [0.1, 0.15) is 22.7 Å². The molecule has 4 rings (SSSR count). The Morgan fingerprint density at radius 1 is 1.21 bits per heavy atom. The number of amides is 1. The zero-order chi connectivity index (χ0) is 20.4. The van der Waals surface area contributed by atoms with Crippen LogP contribution in [0.1, 0.15) is 30.9 Å². The van der Waals surface area contributed by atoms with E-state index >= 15 is 0 Å². The molecule has 1 aromatic carbocycles. The number of carbonyl (C=O) groups excluding carboxylic acids is 1. The number of hydrogen-bond donors (Lipinski definition) is 0. The molecule has 6 nitrogen and oxygen atoms in total. The van der Waals surface area contributed by atoms with Gasteiger partial charge in [-0.25, -0.2) is 13.8 Å². The van der Waals surface area contributed by atoms with Crippen molar-refractivity contribution >= 4 is 23.2 Å². The van der Waals surface area contributed by atoms with E-state index in [2.05, 4.69) is 21.8 Å². The maximum Gasteiger partial charge on any atom is 0.269 e. The second kappa shape index (κ2) is 7.90. The van der Waals surface area contributed by atoms with E-state index in [0.717, 1.165) is 17.1 Å². The van der Waals surface area contributed by atoms with Gasteiger partial charge in [0.2, 0.25) is 0 Å². The third kappa shape index (κ3) is 4.06. The fourth-order valence-electron chi connectivity index (χ4n) is 3.39. The first-order valence-electron chi connectivity index (χ1n) is 9.29. The van der Waals surface area contributed by atoms with Gasteiger partial charge in [-0.15, -0.1) is 0 Å². The average Bonchev–Trinajstić information content (AvgIpc) is 3.33. The highest BCUT2D eigenvalue weighted by molar-refractivity contribution is 5.94. The molecule has 2 aromatic heterocycles. The summed E-state index contributed by atoms with van der Waals surface area (Å²) in [5.74, 6) is -1.71. The van der Waals surface area contributed by atoms with Crippen molar-refractivity contribution in [2.24, 2.45) is 5.10 Å². The van der Waals surface area contributed by atoms with E-state index in [1.54, 1.807) is 17.1 Å². The van der Waals surface area contributed by atoms with E-state index in [9.17, 15) is 13.6 Å². The van der Waals surface area contributed by atoms with Crippen molar-refractivity contribution in [3.63, 3.8) is 0 Å². The molecule has 148 valence electrons. The Balaban J connectivity index is 1.37. The van der Waals surface area contributed by atoms with E-state index in [4.69, 9.17) is 0 Å². The number of halogens is 2. The Kier molecular flexibility index (Phi) is 5.16. The van der Waals surface area contributed by atoms with E-state index in [-0.39, 0.29) is 5.91 Å². The summed E-state index contributed by atoms with van der Waals surface area (Å²) in [6, 6.07) is 6.44. The summed E-state index contributed by atoms with van der Waals surface area (Å²) in [4.78, 5) is 17.0. The molecule has 0 radical (unpaired) electrons. The van der Waals surface area contributed by atoms with Crippen LogP contribution in [0.15, 0.2) is 60.0 Å². The lowest BCUT2D eigenvalue weighted by molar-refractivity contribution is -0.129. The van der Waals surface area contributed by atoms with Crippen molar-refractivity contribution in [3.05, 3.63) is 72.1 Å².